The molecule has 2 aromatic carbocycles. The molecule has 0 radical (unpaired) electrons. The number of nitriles is 1. The standard InChI is InChI=1S/C22H18BrF4N5O3/c23-19-18(9-29)31-32(10-16(34)11-33)20(19)21(35,22(25,26)27)13-1-6-17(12(7-13)8-28)30-15-4-2-14(24)3-5-15/h1-8,16,28,30,33-35H,10-11H2/p+1. The van der Waals surface area contributed by atoms with Crippen LogP contribution in [-0.4, -0.2) is 50.2 Å². The van der Waals surface area contributed by atoms with E-state index in [0.717, 1.165) is 18.3 Å². The number of nitrogens with two attached hydrogens (primary N) is 1. The first-order valence-corrected chi connectivity index (χ1v) is 10.8. The molecular formula is C22H19BrF4N5O3+. The Hall–Kier alpha value is -3.15. The third-order valence-corrected chi connectivity index (χ3v) is 5.95. The Labute approximate surface area is 204 Å². The summed E-state index contributed by atoms with van der Waals surface area (Å²) in [6.45, 7) is -1.44. The van der Waals surface area contributed by atoms with Gasteiger partial charge in [-0.05, 0) is 45.8 Å². The fourth-order valence-electron chi connectivity index (χ4n) is 3.48. The van der Waals surface area contributed by atoms with Gasteiger partial charge in [-0.3, -0.25) is 10.00 Å². The molecule has 0 bridgehead atoms. The normalized spacial score (nSPS) is 14.3. The van der Waals surface area contributed by atoms with Gasteiger partial charge in [0.2, 0.25) is 5.60 Å². The van der Waals surface area contributed by atoms with Crippen LogP contribution < -0.4 is 5.32 Å². The molecule has 2 atom stereocenters. The number of halogens is 5. The summed E-state index contributed by atoms with van der Waals surface area (Å²) in [6, 6.07) is 10.2. The number of rotatable bonds is 8. The Morgan fingerprint density at radius 3 is 2.43 bits per heavy atom. The van der Waals surface area contributed by atoms with Crippen molar-refractivity contribution in [2.24, 2.45) is 0 Å². The molecule has 1 aromatic heterocycles. The molecule has 0 aliphatic carbocycles. The molecule has 184 valence electrons. The lowest BCUT2D eigenvalue weighted by molar-refractivity contribution is -0.478. The van der Waals surface area contributed by atoms with Gasteiger partial charge < -0.3 is 20.7 Å². The van der Waals surface area contributed by atoms with Gasteiger partial charge in [-0.1, -0.05) is 0 Å². The molecule has 0 fully saturated rings. The van der Waals surface area contributed by atoms with E-state index in [4.69, 9.17) is 10.5 Å². The fourth-order valence-corrected chi connectivity index (χ4v) is 4.14. The number of quaternary nitrogens is 1. The number of nitrogens with one attached hydrogen (secondary N) is 1. The van der Waals surface area contributed by atoms with E-state index in [-0.39, 0.29) is 5.56 Å². The predicted molar refractivity (Wildman–Crippen MR) is 119 cm³/mol. The van der Waals surface area contributed by atoms with Crippen molar-refractivity contribution in [2.75, 3.05) is 6.61 Å². The van der Waals surface area contributed by atoms with Crippen molar-refractivity contribution < 1.29 is 38.2 Å². The smallest absolute Gasteiger partial charge is 0.394 e. The fraction of sp³-hybridized carbons (Fsp3) is 0.227. The van der Waals surface area contributed by atoms with Crippen LogP contribution in [0.2, 0.25) is 0 Å². The molecule has 0 spiro atoms. The van der Waals surface area contributed by atoms with E-state index in [1.54, 1.807) is 6.07 Å². The van der Waals surface area contributed by atoms with Crippen LogP contribution in [0.5, 0.6) is 0 Å². The Morgan fingerprint density at radius 2 is 1.89 bits per heavy atom. The van der Waals surface area contributed by atoms with Gasteiger partial charge in [0, 0.05) is 24.4 Å². The van der Waals surface area contributed by atoms with Crippen molar-refractivity contribution >= 4 is 33.5 Å². The molecule has 0 aliphatic rings. The Balaban J connectivity index is 2.19. The molecule has 6 N–H and O–H groups in total. The third kappa shape index (κ3) is 5.12. The van der Waals surface area contributed by atoms with Crippen molar-refractivity contribution in [3.05, 3.63) is 75.3 Å². The molecule has 0 saturated carbocycles. The summed E-state index contributed by atoms with van der Waals surface area (Å²) in [5.74, 6) is -0.467. The second-order valence-electron chi connectivity index (χ2n) is 7.53. The van der Waals surface area contributed by atoms with Crippen molar-refractivity contribution in [3.63, 3.8) is 0 Å². The maximum absolute atomic E-state index is 14.5. The Bertz CT molecular complexity index is 1270. The Morgan fingerprint density at radius 1 is 1.23 bits per heavy atom. The average molecular weight is 557 g/mol. The highest BCUT2D eigenvalue weighted by Gasteiger charge is 2.59. The molecular weight excluding hydrogens is 538 g/mol. The first-order valence-electron chi connectivity index (χ1n) is 9.96. The van der Waals surface area contributed by atoms with E-state index < -0.39 is 58.3 Å². The molecule has 0 aliphatic heterocycles. The maximum atomic E-state index is 14.5. The van der Waals surface area contributed by atoms with Crippen molar-refractivity contribution in [2.45, 2.75) is 24.4 Å². The number of hydrogen-bond acceptors (Lipinski definition) is 6. The van der Waals surface area contributed by atoms with Crippen molar-refractivity contribution in [1.82, 2.24) is 9.78 Å². The van der Waals surface area contributed by atoms with Crippen LogP contribution in [-0.2, 0) is 12.1 Å². The van der Waals surface area contributed by atoms with Gasteiger partial charge in [0.15, 0.2) is 5.69 Å². The zero-order valence-corrected chi connectivity index (χ0v) is 19.3. The number of hydrogen-bond donors (Lipinski definition) is 5. The number of alkyl halides is 3. The molecule has 8 nitrogen and oxygen atoms in total. The minimum atomic E-state index is -5.33. The number of nitrogens with zero attached hydrogens (tertiary/aromatic N) is 3. The van der Waals surface area contributed by atoms with E-state index in [1.165, 1.54) is 35.6 Å². The number of aliphatic hydroxyl groups is 3. The van der Waals surface area contributed by atoms with Crippen LogP contribution in [0.4, 0.5) is 28.9 Å². The van der Waals surface area contributed by atoms with Gasteiger partial charge in [0.1, 0.15) is 23.3 Å². The van der Waals surface area contributed by atoms with Crippen molar-refractivity contribution in [3.8, 4) is 6.07 Å². The molecule has 35 heavy (non-hydrogen) atoms. The van der Waals surface area contributed by atoms with E-state index in [1.807, 2.05) is 0 Å². The van der Waals surface area contributed by atoms with E-state index in [9.17, 15) is 33.0 Å². The molecule has 3 aromatic rings. The summed E-state index contributed by atoms with van der Waals surface area (Å²) < 4.78 is 56.8. The molecule has 1 heterocycles. The summed E-state index contributed by atoms with van der Waals surface area (Å²) in [7, 11) is 0. The Kier molecular flexibility index (Phi) is 7.73. The highest BCUT2D eigenvalue weighted by Crippen LogP contribution is 2.47. The highest BCUT2D eigenvalue weighted by molar-refractivity contribution is 9.10. The van der Waals surface area contributed by atoms with Gasteiger partial charge in [0.05, 0.1) is 35.0 Å². The molecule has 0 saturated heterocycles. The predicted octanol–water partition coefficient (Wildman–Crippen LogP) is 2.33. The van der Waals surface area contributed by atoms with Crippen LogP contribution >= 0.6 is 15.9 Å². The van der Waals surface area contributed by atoms with E-state index in [0.29, 0.717) is 16.1 Å². The topological polar surface area (TPSA) is 143 Å². The van der Waals surface area contributed by atoms with E-state index >= 15 is 0 Å². The van der Waals surface area contributed by atoms with Gasteiger partial charge >= 0.3 is 6.18 Å². The first-order chi connectivity index (χ1) is 16.5. The van der Waals surface area contributed by atoms with Crippen molar-refractivity contribution in [1.29, 1.82) is 10.7 Å². The quantitative estimate of drug-likeness (QED) is 0.164. The minimum Gasteiger partial charge on any atom is -0.394 e. The number of aromatic nitrogens is 2. The molecule has 2 unspecified atom stereocenters. The summed E-state index contributed by atoms with van der Waals surface area (Å²) in [5.41, 5.74) is -4.85. The molecule has 3 rings (SSSR count). The highest BCUT2D eigenvalue weighted by atomic mass is 79.9. The lowest BCUT2D eigenvalue weighted by atomic mass is 9.87. The average Bonchev–Trinajstić information content (AvgIpc) is 3.14. The second kappa shape index (κ2) is 10.2. The zero-order chi connectivity index (χ0) is 26.0. The van der Waals surface area contributed by atoms with Crippen LogP contribution in [0, 0.1) is 22.6 Å². The summed E-state index contributed by atoms with van der Waals surface area (Å²) >= 11 is 2.91. The molecule has 13 heteroatoms. The van der Waals surface area contributed by atoms with Crippen LogP contribution in [0.25, 0.3) is 0 Å². The minimum absolute atomic E-state index is 0.0209. The van der Waals surface area contributed by atoms with Gasteiger partial charge in [-0.15, -0.1) is 0 Å². The number of aliphatic hydroxyl groups excluding tert-OH is 2. The van der Waals surface area contributed by atoms with Crippen LogP contribution in [0.1, 0.15) is 22.5 Å². The SMILES string of the molecule is N#Cc1nn(CC(O)CO)c(C(O)(c2ccc([NH2+]c3ccc(F)cc3)c(C=N)c2)C(F)(F)F)c1Br. The van der Waals surface area contributed by atoms with Gasteiger partial charge in [-0.25, -0.2) is 4.39 Å². The van der Waals surface area contributed by atoms with E-state index in [2.05, 4.69) is 21.0 Å². The summed E-state index contributed by atoms with van der Waals surface area (Å²) in [4.78, 5) is 0. The lowest BCUT2D eigenvalue weighted by Crippen LogP contribution is -2.71. The first kappa shape index (κ1) is 26.5. The zero-order valence-electron chi connectivity index (χ0n) is 17.8. The second-order valence-corrected chi connectivity index (χ2v) is 8.33. The summed E-state index contributed by atoms with van der Waals surface area (Å²) in [6.07, 6.45) is -6.04. The van der Waals surface area contributed by atoms with Gasteiger partial charge in [-0.2, -0.15) is 23.5 Å². The molecule has 0 amide bonds. The van der Waals surface area contributed by atoms with Crippen LogP contribution in [0.3, 0.4) is 0 Å². The van der Waals surface area contributed by atoms with Crippen LogP contribution in [0.15, 0.2) is 46.9 Å². The monoisotopic (exact) mass is 556 g/mol. The third-order valence-electron chi connectivity index (χ3n) is 5.20. The lowest BCUT2D eigenvalue weighted by Gasteiger charge is -2.32. The number of benzene rings is 2. The largest absolute Gasteiger partial charge is 0.427 e. The van der Waals surface area contributed by atoms with Gasteiger partial charge in [0.25, 0.3) is 0 Å². The summed E-state index contributed by atoms with van der Waals surface area (Å²) in [5, 5.41) is 52.3. The maximum Gasteiger partial charge on any atom is 0.427 e.